The average Bonchev–Trinajstić information content (AvgIpc) is 3.50. The van der Waals surface area contributed by atoms with Gasteiger partial charge in [0.25, 0.3) is 0 Å². The summed E-state index contributed by atoms with van der Waals surface area (Å²) >= 11 is 0. The van der Waals surface area contributed by atoms with Crippen LogP contribution in [0.25, 0.3) is 0 Å². The Balaban J connectivity index is 1.15. The predicted octanol–water partition coefficient (Wildman–Crippen LogP) is 1.29. The topological polar surface area (TPSA) is 234 Å². The number of hydrogen-bond acceptors (Lipinski definition) is 15. The van der Waals surface area contributed by atoms with Gasteiger partial charge in [0.05, 0.1) is 48.8 Å². The molecule has 21 atom stereocenters. The second-order valence-corrected chi connectivity index (χ2v) is 21.6. The first kappa shape index (κ1) is 43.6. The van der Waals surface area contributed by atoms with Crippen LogP contribution in [-0.2, 0) is 33.2 Å². The maximum absolute atomic E-state index is 12.2. The summed E-state index contributed by atoms with van der Waals surface area (Å²) in [7, 11) is 0. The fourth-order valence-electron chi connectivity index (χ4n) is 15.2. The fraction of sp³-hybridized carbons (Fsp3) is 0.977. The molecule has 332 valence electrons. The van der Waals surface area contributed by atoms with Gasteiger partial charge in [0, 0.05) is 12.8 Å². The van der Waals surface area contributed by atoms with E-state index in [1.807, 2.05) is 0 Å². The average molecular weight is 827 g/mol. The van der Waals surface area contributed by atoms with Gasteiger partial charge in [-0.2, -0.15) is 0 Å². The molecular weight excluding hydrogens is 756 g/mol. The molecule has 8 fully saturated rings. The number of rotatable bonds is 8. The van der Waals surface area contributed by atoms with E-state index >= 15 is 0 Å². The summed E-state index contributed by atoms with van der Waals surface area (Å²) in [6.45, 7) is 15.0. The van der Waals surface area contributed by atoms with Gasteiger partial charge in [0.1, 0.15) is 36.6 Å². The number of carbonyl (C=O) groups excluding carboxylic acids is 1. The van der Waals surface area contributed by atoms with Gasteiger partial charge in [0.15, 0.2) is 18.7 Å². The molecule has 0 aromatic rings. The Labute approximate surface area is 341 Å². The van der Waals surface area contributed by atoms with Gasteiger partial charge in [-0.15, -0.1) is 0 Å². The van der Waals surface area contributed by atoms with Gasteiger partial charge in [0.2, 0.25) is 0 Å². The Hall–Kier alpha value is -1.05. The van der Waals surface area contributed by atoms with Crippen LogP contribution in [-0.4, -0.2) is 151 Å². The van der Waals surface area contributed by atoms with E-state index in [2.05, 4.69) is 34.6 Å². The van der Waals surface area contributed by atoms with Crippen LogP contribution in [0.3, 0.4) is 0 Å². The molecule has 8 N–H and O–H groups in total. The molecule has 8 aliphatic rings. The molecular formula is C43H70O15. The molecule has 16 unspecified atom stereocenters. The smallest absolute Gasteiger partial charge is 0.303 e. The maximum Gasteiger partial charge on any atom is 0.303 e. The molecule has 8 rings (SSSR count). The van der Waals surface area contributed by atoms with Crippen molar-refractivity contribution >= 4 is 5.97 Å². The van der Waals surface area contributed by atoms with E-state index in [4.69, 9.17) is 28.4 Å². The summed E-state index contributed by atoms with van der Waals surface area (Å²) in [5.41, 5.74) is -3.32. The number of aliphatic hydroxyl groups excluding tert-OH is 7. The second-order valence-electron chi connectivity index (χ2n) is 21.6. The lowest BCUT2D eigenvalue weighted by Crippen LogP contribution is -2.65. The zero-order chi connectivity index (χ0) is 42.3. The fourth-order valence-corrected chi connectivity index (χ4v) is 15.2. The summed E-state index contributed by atoms with van der Waals surface area (Å²) in [5, 5.41) is 87.3. The molecule has 5 saturated carbocycles. The van der Waals surface area contributed by atoms with Crippen molar-refractivity contribution in [2.45, 2.75) is 204 Å². The standard InChI is InChI=1S/C43H70O15/c1-20(45)54-32-28(48)22(47)18-53-36(32)57-26-10-12-43-19-42(43)14-13-39(6)33(41(8)11-9-27(58-41)38(4,5)52)21(46)16-40(39,7)25(42)15-23(34(43)37(26,2)3)55-35-31(51)30(50)29(49)24(17-44)56-35/h21-36,44,46-52H,9-19H2,1-8H3/t21-,22?,23-,24?,25?,26-,27?,28?,29?,30?,31?,32?,33?,34?,35?,36?,39+,40-,41?,42?,43?/m0/s1. The quantitative estimate of drug-likeness (QED) is 0.127. The van der Waals surface area contributed by atoms with E-state index in [-0.39, 0.29) is 52.1 Å². The monoisotopic (exact) mass is 826 g/mol. The van der Waals surface area contributed by atoms with Crippen molar-refractivity contribution in [2.24, 2.45) is 44.8 Å². The summed E-state index contributed by atoms with van der Waals surface area (Å²) in [5.74, 6) is -0.931. The van der Waals surface area contributed by atoms with Crippen molar-refractivity contribution in [1.29, 1.82) is 0 Å². The van der Waals surface area contributed by atoms with Crippen molar-refractivity contribution in [3.63, 3.8) is 0 Å². The van der Waals surface area contributed by atoms with Crippen LogP contribution in [0.5, 0.6) is 0 Å². The molecule has 0 aromatic carbocycles. The minimum absolute atomic E-state index is 0.0829. The Bertz CT molecular complexity index is 1570. The van der Waals surface area contributed by atoms with E-state index in [0.29, 0.717) is 25.7 Å². The summed E-state index contributed by atoms with van der Waals surface area (Å²) in [4.78, 5) is 12.1. The lowest BCUT2D eigenvalue weighted by molar-refractivity contribution is -0.339. The molecule has 0 radical (unpaired) electrons. The van der Waals surface area contributed by atoms with Gasteiger partial charge in [-0.3, -0.25) is 4.79 Å². The Morgan fingerprint density at radius 2 is 1.50 bits per heavy atom. The van der Waals surface area contributed by atoms with Crippen LogP contribution < -0.4 is 0 Å². The molecule has 2 spiro atoms. The number of esters is 1. The molecule has 3 heterocycles. The molecule has 0 amide bonds. The molecule has 5 aliphatic carbocycles. The van der Waals surface area contributed by atoms with Gasteiger partial charge in [-0.1, -0.05) is 27.7 Å². The van der Waals surface area contributed by atoms with Crippen molar-refractivity contribution in [3.8, 4) is 0 Å². The van der Waals surface area contributed by atoms with Crippen LogP contribution in [0.1, 0.15) is 113 Å². The maximum atomic E-state index is 12.2. The van der Waals surface area contributed by atoms with E-state index in [0.717, 1.165) is 32.1 Å². The lowest BCUT2D eigenvalue weighted by atomic mass is 9.41. The predicted molar refractivity (Wildman–Crippen MR) is 203 cm³/mol. The summed E-state index contributed by atoms with van der Waals surface area (Å²) in [6, 6.07) is 0. The Kier molecular flexibility index (Phi) is 10.7. The van der Waals surface area contributed by atoms with Gasteiger partial charge in [-0.05, 0) is 117 Å². The SMILES string of the molecule is CC(=O)OC1C(O[C@H]2CCC34CC35CC[C@]3(C)C(C6(C)CCC(C(C)(C)O)O6)[C@@H](O)C[C@@]3(C)C5C[C@H](OC3OC(CO)C(O)C(O)C3O)C4C2(C)C)OCC(O)C1O. The van der Waals surface area contributed by atoms with E-state index in [1.165, 1.54) is 6.92 Å². The van der Waals surface area contributed by atoms with E-state index < -0.39 is 103 Å². The summed E-state index contributed by atoms with van der Waals surface area (Å²) < 4.78 is 37.8. The largest absolute Gasteiger partial charge is 0.454 e. The van der Waals surface area contributed by atoms with Crippen molar-refractivity contribution in [3.05, 3.63) is 0 Å². The molecule has 3 aliphatic heterocycles. The zero-order valence-electron chi connectivity index (χ0n) is 35.5. The number of ether oxygens (including phenoxy) is 6. The highest BCUT2D eigenvalue weighted by molar-refractivity contribution is 5.66. The second kappa shape index (κ2) is 14.2. The number of hydrogen-bond donors (Lipinski definition) is 8. The first-order valence-electron chi connectivity index (χ1n) is 21.8. The van der Waals surface area contributed by atoms with Crippen LogP contribution in [0.4, 0.5) is 0 Å². The normalized spacial score (nSPS) is 56.1. The summed E-state index contributed by atoms with van der Waals surface area (Å²) in [6.07, 6.45) is -7.66. The number of fused-ring (bicyclic) bond motifs is 2. The molecule has 0 bridgehead atoms. The Morgan fingerprint density at radius 3 is 2.14 bits per heavy atom. The van der Waals surface area contributed by atoms with Crippen LogP contribution in [0, 0.1) is 44.8 Å². The van der Waals surface area contributed by atoms with Crippen LogP contribution in [0.2, 0.25) is 0 Å². The lowest BCUT2D eigenvalue weighted by Gasteiger charge is -2.65. The third-order valence-electron chi connectivity index (χ3n) is 17.9. The van der Waals surface area contributed by atoms with Gasteiger partial charge < -0.3 is 69.3 Å². The Morgan fingerprint density at radius 1 is 0.793 bits per heavy atom. The molecule has 0 aromatic heterocycles. The highest BCUT2D eigenvalue weighted by Gasteiger charge is 2.85. The van der Waals surface area contributed by atoms with Gasteiger partial charge >= 0.3 is 5.97 Å². The van der Waals surface area contributed by atoms with Crippen LogP contribution >= 0.6 is 0 Å². The van der Waals surface area contributed by atoms with Crippen LogP contribution in [0.15, 0.2) is 0 Å². The van der Waals surface area contributed by atoms with Crippen molar-refractivity contribution < 1.29 is 74.1 Å². The third kappa shape index (κ3) is 6.17. The minimum atomic E-state index is -1.62. The highest BCUT2D eigenvalue weighted by Crippen LogP contribution is 2.89. The number of aliphatic hydroxyl groups is 8. The first-order valence-corrected chi connectivity index (χ1v) is 21.8. The minimum Gasteiger partial charge on any atom is -0.454 e. The molecule has 3 saturated heterocycles. The van der Waals surface area contributed by atoms with Gasteiger partial charge in [-0.25, -0.2) is 0 Å². The van der Waals surface area contributed by atoms with Crippen molar-refractivity contribution in [1.82, 2.24) is 0 Å². The first-order chi connectivity index (χ1) is 26.9. The zero-order valence-corrected chi connectivity index (χ0v) is 35.5. The van der Waals surface area contributed by atoms with E-state index in [1.54, 1.807) is 13.8 Å². The molecule has 15 heteroatoms. The van der Waals surface area contributed by atoms with Crippen molar-refractivity contribution in [2.75, 3.05) is 13.2 Å². The number of carbonyl (C=O) groups is 1. The third-order valence-corrected chi connectivity index (χ3v) is 17.9. The molecule has 58 heavy (non-hydrogen) atoms. The molecule has 15 nitrogen and oxygen atoms in total. The van der Waals surface area contributed by atoms with E-state index in [9.17, 15) is 45.6 Å². The highest BCUT2D eigenvalue weighted by atomic mass is 16.7.